The summed E-state index contributed by atoms with van der Waals surface area (Å²) < 4.78 is 5.20. The van der Waals surface area contributed by atoms with Crippen LogP contribution in [0.2, 0.25) is 0 Å². The lowest BCUT2D eigenvalue weighted by Gasteiger charge is -2.30. The number of hydrogen-bond donors (Lipinski definition) is 0. The maximum Gasteiger partial charge on any atom is 0.118 e. The second-order valence-electron chi connectivity index (χ2n) is 5.51. The van der Waals surface area contributed by atoms with Crippen LogP contribution in [0.5, 0.6) is 5.75 Å². The van der Waals surface area contributed by atoms with Crippen LogP contribution in [0.1, 0.15) is 38.5 Å². The Morgan fingerprint density at radius 2 is 1.74 bits per heavy atom. The van der Waals surface area contributed by atoms with Gasteiger partial charge in [0.05, 0.1) is 7.11 Å². The maximum absolute atomic E-state index is 5.20. The zero-order valence-electron chi connectivity index (χ0n) is 11.7. The number of rotatable bonds is 5. The van der Waals surface area contributed by atoms with Gasteiger partial charge in [-0.05, 0) is 42.5 Å². The second-order valence-corrected chi connectivity index (χ2v) is 7.12. The predicted octanol–water partition coefficient (Wildman–Crippen LogP) is 5.52. The topological polar surface area (TPSA) is 9.23 Å². The molecule has 0 spiro atoms. The minimum Gasteiger partial charge on any atom is -0.497 e. The molecule has 0 bridgehead atoms. The van der Waals surface area contributed by atoms with E-state index in [2.05, 4.69) is 40.2 Å². The summed E-state index contributed by atoms with van der Waals surface area (Å²) in [6, 6.07) is 8.44. The van der Waals surface area contributed by atoms with Crippen molar-refractivity contribution >= 4 is 27.7 Å². The summed E-state index contributed by atoms with van der Waals surface area (Å²) in [5, 5.41) is 1.14. The third kappa shape index (κ3) is 4.42. The summed E-state index contributed by atoms with van der Waals surface area (Å²) in [4.78, 5) is 1.35. The molecule has 1 aliphatic carbocycles. The van der Waals surface area contributed by atoms with Crippen molar-refractivity contribution in [1.82, 2.24) is 0 Å². The molecule has 1 aromatic carbocycles. The van der Waals surface area contributed by atoms with Gasteiger partial charge in [-0.3, -0.25) is 0 Å². The van der Waals surface area contributed by atoms with Gasteiger partial charge >= 0.3 is 0 Å². The van der Waals surface area contributed by atoms with Crippen LogP contribution < -0.4 is 4.74 Å². The van der Waals surface area contributed by atoms with Gasteiger partial charge in [0.2, 0.25) is 0 Å². The molecule has 0 amide bonds. The lowest BCUT2D eigenvalue weighted by molar-refractivity contribution is 0.334. The lowest BCUT2D eigenvalue weighted by atomic mass is 9.85. The van der Waals surface area contributed by atoms with E-state index < -0.39 is 0 Å². The highest BCUT2D eigenvalue weighted by molar-refractivity contribution is 9.09. The van der Waals surface area contributed by atoms with Crippen molar-refractivity contribution in [1.29, 1.82) is 0 Å². The fourth-order valence-electron chi connectivity index (χ4n) is 2.70. The molecule has 1 nitrogen and oxygen atoms in total. The zero-order chi connectivity index (χ0) is 13.6. The molecule has 0 heterocycles. The third-order valence-electron chi connectivity index (χ3n) is 4.05. The molecule has 0 N–H and O–H groups in total. The number of thioether (sulfide) groups is 1. The summed E-state index contributed by atoms with van der Waals surface area (Å²) >= 11 is 5.76. The van der Waals surface area contributed by atoms with E-state index in [0.29, 0.717) is 5.41 Å². The Hall–Kier alpha value is -0.150. The Balaban J connectivity index is 1.94. The van der Waals surface area contributed by atoms with Gasteiger partial charge in [-0.1, -0.05) is 41.6 Å². The minimum atomic E-state index is 0.501. The molecule has 0 aromatic heterocycles. The molecule has 1 fully saturated rings. The first kappa shape index (κ1) is 15.2. The van der Waals surface area contributed by atoms with Crippen molar-refractivity contribution in [3.8, 4) is 5.75 Å². The monoisotopic (exact) mass is 342 g/mol. The third-order valence-corrected chi connectivity index (χ3v) is 6.60. The van der Waals surface area contributed by atoms with E-state index >= 15 is 0 Å². The van der Waals surface area contributed by atoms with Crippen molar-refractivity contribution in [2.75, 3.05) is 18.2 Å². The van der Waals surface area contributed by atoms with Crippen molar-refractivity contribution in [2.24, 2.45) is 5.41 Å². The van der Waals surface area contributed by atoms with E-state index in [-0.39, 0.29) is 0 Å². The van der Waals surface area contributed by atoms with Gasteiger partial charge < -0.3 is 4.74 Å². The van der Waals surface area contributed by atoms with Crippen LogP contribution in [-0.4, -0.2) is 18.2 Å². The van der Waals surface area contributed by atoms with Crippen LogP contribution in [0.25, 0.3) is 0 Å². The molecule has 1 aliphatic rings. The Labute approximate surface area is 129 Å². The van der Waals surface area contributed by atoms with Gasteiger partial charge in [-0.15, -0.1) is 11.8 Å². The van der Waals surface area contributed by atoms with Gasteiger partial charge in [-0.25, -0.2) is 0 Å². The normalized spacial score (nSPS) is 18.8. The number of hydrogen-bond acceptors (Lipinski definition) is 2. The quantitative estimate of drug-likeness (QED) is 0.395. The van der Waals surface area contributed by atoms with E-state index in [1.165, 1.54) is 49.2 Å². The number of halogens is 1. The van der Waals surface area contributed by atoms with Crippen LogP contribution in [0, 0.1) is 5.41 Å². The van der Waals surface area contributed by atoms with Crippen LogP contribution >= 0.6 is 27.7 Å². The molecule has 1 aromatic rings. The molecule has 19 heavy (non-hydrogen) atoms. The van der Waals surface area contributed by atoms with Crippen molar-refractivity contribution in [2.45, 2.75) is 43.4 Å². The number of alkyl halides is 1. The minimum absolute atomic E-state index is 0.501. The average molecular weight is 343 g/mol. The fourth-order valence-corrected chi connectivity index (χ4v) is 4.92. The first-order chi connectivity index (χ1) is 9.28. The van der Waals surface area contributed by atoms with Gasteiger partial charge in [0, 0.05) is 16.0 Å². The zero-order valence-corrected chi connectivity index (χ0v) is 14.1. The van der Waals surface area contributed by atoms with Crippen molar-refractivity contribution in [3.63, 3.8) is 0 Å². The second kappa shape index (κ2) is 7.58. The average Bonchev–Trinajstić information content (AvgIpc) is 2.72. The van der Waals surface area contributed by atoms with Gasteiger partial charge in [0.25, 0.3) is 0 Å². The SMILES string of the molecule is COc1ccc(SCC2(CBr)CCCCCC2)cc1. The van der Waals surface area contributed by atoms with Crippen LogP contribution in [0.15, 0.2) is 29.2 Å². The smallest absolute Gasteiger partial charge is 0.118 e. The largest absolute Gasteiger partial charge is 0.497 e. The Morgan fingerprint density at radius 3 is 2.26 bits per heavy atom. The summed E-state index contributed by atoms with van der Waals surface area (Å²) in [7, 11) is 1.72. The van der Waals surface area contributed by atoms with Gasteiger partial charge in [0.1, 0.15) is 5.75 Å². The fraction of sp³-hybridized carbons (Fsp3) is 0.625. The van der Waals surface area contributed by atoms with Crippen molar-refractivity contribution in [3.05, 3.63) is 24.3 Å². The molecule has 3 heteroatoms. The summed E-state index contributed by atoms with van der Waals surface area (Å²) in [5.41, 5.74) is 0.501. The van der Waals surface area contributed by atoms with E-state index in [4.69, 9.17) is 4.74 Å². The first-order valence-electron chi connectivity index (χ1n) is 7.11. The Morgan fingerprint density at radius 1 is 1.11 bits per heavy atom. The number of methoxy groups -OCH3 is 1. The molecule has 0 unspecified atom stereocenters. The van der Waals surface area contributed by atoms with E-state index in [1.807, 2.05) is 11.8 Å². The highest BCUT2D eigenvalue weighted by atomic mass is 79.9. The molecule has 0 radical (unpaired) electrons. The molecule has 0 aliphatic heterocycles. The van der Waals surface area contributed by atoms with Crippen LogP contribution in [0.4, 0.5) is 0 Å². The van der Waals surface area contributed by atoms with Crippen molar-refractivity contribution < 1.29 is 4.74 Å². The highest BCUT2D eigenvalue weighted by Crippen LogP contribution is 2.41. The van der Waals surface area contributed by atoms with E-state index in [9.17, 15) is 0 Å². The summed E-state index contributed by atoms with van der Waals surface area (Å²) in [5.74, 6) is 2.17. The van der Waals surface area contributed by atoms with E-state index in [0.717, 1.165) is 11.1 Å². The van der Waals surface area contributed by atoms with Crippen LogP contribution in [0.3, 0.4) is 0 Å². The molecule has 0 atom stereocenters. The van der Waals surface area contributed by atoms with E-state index in [1.54, 1.807) is 7.11 Å². The van der Waals surface area contributed by atoms with Gasteiger partial charge in [-0.2, -0.15) is 0 Å². The standard InChI is InChI=1S/C16H23BrOS/c1-18-14-6-8-15(9-7-14)19-13-16(12-17)10-4-2-3-5-11-16/h6-9H,2-5,10-13H2,1H3. The Bertz CT molecular complexity index is 369. The maximum atomic E-state index is 5.20. The Kier molecular flexibility index (Phi) is 6.08. The number of benzene rings is 1. The van der Waals surface area contributed by atoms with Crippen LogP contribution in [-0.2, 0) is 0 Å². The molecular formula is C16H23BrOS. The highest BCUT2D eigenvalue weighted by Gasteiger charge is 2.29. The number of ether oxygens (including phenoxy) is 1. The molecule has 106 valence electrons. The van der Waals surface area contributed by atoms with Gasteiger partial charge in [0.15, 0.2) is 0 Å². The first-order valence-corrected chi connectivity index (χ1v) is 9.22. The lowest BCUT2D eigenvalue weighted by Crippen LogP contribution is -2.25. The molecular weight excluding hydrogens is 320 g/mol. The summed E-state index contributed by atoms with van der Waals surface area (Å²) in [6.45, 7) is 0. The molecule has 2 rings (SSSR count). The molecule has 0 saturated heterocycles. The predicted molar refractivity (Wildman–Crippen MR) is 87.6 cm³/mol. The molecule has 1 saturated carbocycles. The summed E-state index contributed by atoms with van der Waals surface area (Å²) in [6.07, 6.45) is 8.39.